The average molecular weight is 387 g/mol. The molecule has 5 nitrogen and oxygen atoms in total. The number of ether oxygens (including phenoxy) is 1. The van der Waals surface area contributed by atoms with Crippen LogP contribution in [0.5, 0.6) is 11.5 Å². The Morgan fingerprint density at radius 1 is 0.966 bits per heavy atom. The standard InChI is InChI=1S/C24H25N3O2/c1-27-15-13-17(14-16-27)22-12-11-21(24(25)28)23(26-22)18-7-9-20(10-8-18)29-19-5-3-2-4-6-19/h2-12,17H,13-16H2,1H3,(H2,25,28). The molecular formula is C24H25N3O2. The summed E-state index contributed by atoms with van der Waals surface area (Å²) in [5.41, 5.74) is 8.59. The summed E-state index contributed by atoms with van der Waals surface area (Å²) in [5.74, 6) is 1.45. The van der Waals surface area contributed by atoms with E-state index < -0.39 is 5.91 Å². The van der Waals surface area contributed by atoms with Crippen molar-refractivity contribution in [1.29, 1.82) is 0 Å². The highest BCUT2D eigenvalue weighted by atomic mass is 16.5. The molecule has 2 aromatic carbocycles. The Hall–Kier alpha value is -3.18. The second-order valence-corrected chi connectivity index (χ2v) is 7.51. The normalized spacial score (nSPS) is 15.2. The fourth-order valence-corrected chi connectivity index (χ4v) is 3.73. The van der Waals surface area contributed by atoms with Gasteiger partial charge in [-0.15, -0.1) is 0 Å². The number of hydrogen-bond acceptors (Lipinski definition) is 4. The minimum atomic E-state index is -0.466. The van der Waals surface area contributed by atoms with E-state index in [1.165, 1.54) is 0 Å². The molecule has 0 bridgehead atoms. The van der Waals surface area contributed by atoms with Crippen molar-refractivity contribution in [1.82, 2.24) is 9.88 Å². The molecule has 0 atom stereocenters. The van der Waals surface area contributed by atoms with E-state index in [2.05, 4.69) is 11.9 Å². The van der Waals surface area contributed by atoms with Crippen molar-refractivity contribution in [2.24, 2.45) is 5.73 Å². The van der Waals surface area contributed by atoms with E-state index in [0.29, 0.717) is 17.2 Å². The lowest BCUT2D eigenvalue weighted by molar-refractivity contribution is 0.100. The topological polar surface area (TPSA) is 68.5 Å². The lowest BCUT2D eigenvalue weighted by Crippen LogP contribution is -2.29. The third-order valence-corrected chi connectivity index (χ3v) is 5.43. The zero-order valence-corrected chi connectivity index (χ0v) is 16.5. The number of hydrogen-bond donors (Lipinski definition) is 1. The third-order valence-electron chi connectivity index (χ3n) is 5.43. The summed E-state index contributed by atoms with van der Waals surface area (Å²) in [6.07, 6.45) is 2.14. The van der Waals surface area contributed by atoms with Gasteiger partial charge in [0.05, 0.1) is 11.3 Å². The second kappa shape index (κ2) is 8.45. The number of rotatable bonds is 5. The highest BCUT2D eigenvalue weighted by Crippen LogP contribution is 2.31. The van der Waals surface area contributed by atoms with Crippen molar-refractivity contribution in [3.05, 3.63) is 78.0 Å². The summed E-state index contributed by atoms with van der Waals surface area (Å²) in [5, 5.41) is 0. The molecule has 29 heavy (non-hydrogen) atoms. The average Bonchev–Trinajstić information content (AvgIpc) is 2.75. The Labute approximate surface area is 171 Å². The number of likely N-dealkylation sites (tertiary alicyclic amines) is 1. The molecule has 1 aliphatic rings. The number of aromatic nitrogens is 1. The van der Waals surface area contributed by atoms with Gasteiger partial charge in [0.25, 0.3) is 5.91 Å². The number of para-hydroxylation sites is 1. The smallest absolute Gasteiger partial charge is 0.250 e. The second-order valence-electron chi connectivity index (χ2n) is 7.51. The van der Waals surface area contributed by atoms with Gasteiger partial charge in [0.15, 0.2) is 0 Å². The van der Waals surface area contributed by atoms with E-state index in [1.54, 1.807) is 0 Å². The maximum Gasteiger partial charge on any atom is 0.250 e. The number of carbonyl (C=O) groups is 1. The van der Waals surface area contributed by atoms with Gasteiger partial charge < -0.3 is 15.4 Å². The van der Waals surface area contributed by atoms with E-state index in [4.69, 9.17) is 15.5 Å². The molecular weight excluding hydrogens is 362 g/mol. The molecule has 0 radical (unpaired) electrons. The molecule has 148 valence electrons. The Kier molecular flexibility index (Phi) is 5.58. The minimum Gasteiger partial charge on any atom is -0.457 e. The van der Waals surface area contributed by atoms with Gasteiger partial charge in [-0.1, -0.05) is 18.2 Å². The molecule has 0 spiro atoms. The fourth-order valence-electron chi connectivity index (χ4n) is 3.73. The first-order valence-corrected chi connectivity index (χ1v) is 9.93. The summed E-state index contributed by atoms with van der Waals surface area (Å²) in [4.78, 5) is 19.2. The monoisotopic (exact) mass is 387 g/mol. The van der Waals surface area contributed by atoms with Crippen LogP contribution in [0.1, 0.15) is 34.8 Å². The predicted molar refractivity (Wildman–Crippen MR) is 114 cm³/mol. The maximum atomic E-state index is 12.0. The molecule has 1 saturated heterocycles. The van der Waals surface area contributed by atoms with Crippen LogP contribution in [0.4, 0.5) is 0 Å². The molecule has 1 aliphatic heterocycles. The van der Waals surface area contributed by atoms with Crippen molar-refractivity contribution < 1.29 is 9.53 Å². The Morgan fingerprint density at radius 3 is 2.28 bits per heavy atom. The van der Waals surface area contributed by atoms with E-state index in [-0.39, 0.29) is 0 Å². The van der Waals surface area contributed by atoms with E-state index in [9.17, 15) is 4.79 Å². The zero-order chi connectivity index (χ0) is 20.2. The SMILES string of the molecule is CN1CCC(c2ccc(C(N)=O)c(-c3ccc(Oc4ccccc4)cc3)n2)CC1. The van der Waals surface area contributed by atoms with Crippen molar-refractivity contribution in [2.75, 3.05) is 20.1 Å². The molecule has 2 heterocycles. The van der Waals surface area contributed by atoms with Crippen LogP contribution in [-0.2, 0) is 0 Å². The van der Waals surface area contributed by atoms with Crippen LogP contribution < -0.4 is 10.5 Å². The predicted octanol–water partition coefficient (Wildman–Crippen LogP) is 4.45. The quantitative estimate of drug-likeness (QED) is 0.702. The van der Waals surface area contributed by atoms with Crippen molar-refractivity contribution in [3.8, 4) is 22.8 Å². The van der Waals surface area contributed by atoms with Gasteiger partial charge in [0.2, 0.25) is 0 Å². The molecule has 1 fully saturated rings. The molecule has 4 rings (SSSR count). The number of amides is 1. The molecule has 3 aromatic rings. The summed E-state index contributed by atoms with van der Waals surface area (Å²) in [7, 11) is 2.14. The van der Waals surface area contributed by atoms with Gasteiger partial charge in [-0.2, -0.15) is 0 Å². The van der Waals surface area contributed by atoms with Crippen LogP contribution in [-0.4, -0.2) is 35.9 Å². The van der Waals surface area contributed by atoms with Crippen LogP contribution in [0.3, 0.4) is 0 Å². The van der Waals surface area contributed by atoms with E-state index in [0.717, 1.165) is 48.7 Å². The van der Waals surface area contributed by atoms with Crippen LogP contribution in [0, 0.1) is 0 Å². The minimum absolute atomic E-state index is 0.410. The van der Waals surface area contributed by atoms with Crippen LogP contribution >= 0.6 is 0 Å². The molecule has 0 saturated carbocycles. The highest BCUT2D eigenvalue weighted by molar-refractivity contribution is 5.98. The van der Waals surface area contributed by atoms with Gasteiger partial charge in [-0.25, -0.2) is 0 Å². The summed E-state index contributed by atoms with van der Waals surface area (Å²) in [6.45, 7) is 2.12. The van der Waals surface area contributed by atoms with Crippen LogP contribution in [0.15, 0.2) is 66.7 Å². The van der Waals surface area contributed by atoms with Gasteiger partial charge >= 0.3 is 0 Å². The number of benzene rings is 2. The number of carbonyl (C=O) groups excluding carboxylic acids is 1. The van der Waals surface area contributed by atoms with Crippen molar-refractivity contribution in [2.45, 2.75) is 18.8 Å². The van der Waals surface area contributed by atoms with Crippen LogP contribution in [0.25, 0.3) is 11.3 Å². The Morgan fingerprint density at radius 2 is 1.62 bits per heavy atom. The van der Waals surface area contributed by atoms with Crippen LogP contribution in [0.2, 0.25) is 0 Å². The molecule has 0 aliphatic carbocycles. The lowest BCUT2D eigenvalue weighted by Gasteiger charge is -2.28. The van der Waals surface area contributed by atoms with Gasteiger partial charge in [-0.3, -0.25) is 9.78 Å². The number of pyridine rings is 1. The number of primary amides is 1. The summed E-state index contributed by atoms with van der Waals surface area (Å²) >= 11 is 0. The van der Waals surface area contributed by atoms with Crippen molar-refractivity contribution in [3.63, 3.8) is 0 Å². The van der Waals surface area contributed by atoms with Gasteiger partial charge in [0, 0.05) is 17.2 Å². The highest BCUT2D eigenvalue weighted by Gasteiger charge is 2.22. The fraction of sp³-hybridized carbons (Fsp3) is 0.250. The molecule has 1 aromatic heterocycles. The Bertz CT molecular complexity index is 979. The molecule has 0 unspecified atom stereocenters. The first-order chi connectivity index (χ1) is 14.1. The number of nitrogens with zero attached hydrogens (tertiary/aromatic N) is 2. The molecule has 2 N–H and O–H groups in total. The third kappa shape index (κ3) is 4.46. The Balaban J connectivity index is 1.62. The van der Waals surface area contributed by atoms with Crippen molar-refractivity contribution >= 4 is 5.91 Å². The number of nitrogens with two attached hydrogens (primary N) is 1. The lowest BCUT2D eigenvalue weighted by atomic mass is 9.92. The van der Waals surface area contributed by atoms with E-state index >= 15 is 0 Å². The van der Waals surface area contributed by atoms with Gasteiger partial charge in [0.1, 0.15) is 11.5 Å². The molecule has 1 amide bonds. The van der Waals surface area contributed by atoms with Gasteiger partial charge in [-0.05, 0) is 81.5 Å². The summed E-state index contributed by atoms with van der Waals surface area (Å²) in [6, 6.07) is 21.0. The maximum absolute atomic E-state index is 12.0. The first kappa shape index (κ1) is 19.2. The van der Waals surface area contributed by atoms with E-state index in [1.807, 2.05) is 66.7 Å². The molecule has 5 heteroatoms. The summed E-state index contributed by atoms with van der Waals surface area (Å²) < 4.78 is 5.86. The number of piperidine rings is 1. The zero-order valence-electron chi connectivity index (χ0n) is 16.5. The largest absolute Gasteiger partial charge is 0.457 e. The first-order valence-electron chi connectivity index (χ1n) is 9.93.